The van der Waals surface area contributed by atoms with E-state index >= 15 is 0 Å². The van der Waals surface area contributed by atoms with Crippen LogP contribution < -0.4 is 4.74 Å². The highest BCUT2D eigenvalue weighted by Gasteiger charge is 2.41. The molecule has 0 amide bonds. The van der Waals surface area contributed by atoms with Crippen molar-refractivity contribution in [2.45, 2.75) is 44.2 Å². The highest BCUT2D eigenvalue weighted by Crippen LogP contribution is 2.25. The predicted molar refractivity (Wildman–Crippen MR) is 66.5 cm³/mol. The Morgan fingerprint density at radius 1 is 0.909 bits per heavy atom. The van der Waals surface area contributed by atoms with Gasteiger partial charge in [0.1, 0.15) is 5.75 Å². The van der Waals surface area contributed by atoms with Gasteiger partial charge in [-0.15, -0.1) is 0 Å². The molecule has 126 valence electrons. The van der Waals surface area contributed by atoms with Crippen molar-refractivity contribution >= 4 is 0 Å². The first-order chi connectivity index (χ1) is 10.1. The molecule has 0 aromatic heterocycles. The van der Waals surface area contributed by atoms with Crippen LogP contribution in [0, 0.1) is 0 Å². The molecule has 0 aliphatic rings. The molecule has 0 aliphatic heterocycles. The van der Waals surface area contributed by atoms with Crippen molar-refractivity contribution in [1.82, 2.24) is 0 Å². The van der Waals surface area contributed by atoms with E-state index in [0.717, 1.165) is 5.56 Å². The predicted octanol–water partition coefficient (Wildman–Crippen LogP) is 5.24. The molecule has 0 unspecified atom stereocenters. The molecule has 0 heterocycles. The molecule has 0 atom stereocenters. The summed E-state index contributed by atoms with van der Waals surface area (Å²) >= 11 is 0. The van der Waals surface area contributed by atoms with Crippen LogP contribution in [0.15, 0.2) is 24.3 Å². The van der Waals surface area contributed by atoms with Crippen molar-refractivity contribution < 1.29 is 35.5 Å². The van der Waals surface area contributed by atoms with Gasteiger partial charge in [0.15, 0.2) is 6.61 Å². The van der Waals surface area contributed by atoms with Crippen molar-refractivity contribution in [2.75, 3.05) is 6.61 Å². The minimum atomic E-state index is -4.23. The normalized spacial score (nSPS) is 12.7. The number of benzene rings is 1. The zero-order valence-corrected chi connectivity index (χ0v) is 11.5. The number of unbranched alkanes of at least 4 members (excludes halogenated alkanes) is 1. The fraction of sp³-hybridized carbons (Fsp3) is 0.571. The number of ether oxygens (including phenoxy) is 1. The van der Waals surface area contributed by atoms with Gasteiger partial charge in [-0.3, -0.25) is 0 Å². The van der Waals surface area contributed by atoms with E-state index in [0.29, 0.717) is 12.8 Å². The molecule has 8 heteroatoms. The lowest BCUT2D eigenvalue weighted by atomic mass is 10.1. The topological polar surface area (TPSA) is 9.23 Å². The monoisotopic (exact) mass is 332 g/mol. The van der Waals surface area contributed by atoms with Crippen LogP contribution in [0.2, 0.25) is 0 Å². The molecule has 0 aliphatic carbocycles. The molecule has 1 nitrogen and oxygen atoms in total. The fourth-order valence-corrected chi connectivity index (χ4v) is 1.65. The lowest BCUT2D eigenvalue weighted by molar-refractivity contribution is -0.148. The second kappa shape index (κ2) is 7.69. The molecule has 0 radical (unpaired) electrons. The molecule has 0 spiro atoms. The highest BCUT2D eigenvalue weighted by atomic mass is 19.4. The van der Waals surface area contributed by atoms with E-state index in [1.54, 1.807) is 0 Å². The van der Waals surface area contributed by atoms with E-state index in [-0.39, 0.29) is 12.2 Å². The Morgan fingerprint density at radius 2 is 1.50 bits per heavy atom. The first kappa shape index (κ1) is 18.6. The van der Waals surface area contributed by atoms with Crippen molar-refractivity contribution in [3.05, 3.63) is 29.8 Å². The van der Waals surface area contributed by atoms with Crippen LogP contribution in [0.1, 0.15) is 24.8 Å². The number of rotatable bonds is 8. The summed E-state index contributed by atoms with van der Waals surface area (Å²) in [6, 6.07) is 5.65. The minimum absolute atomic E-state index is 0.000587. The van der Waals surface area contributed by atoms with Gasteiger partial charge in [-0.2, -0.15) is 22.0 Å². The zero-order chi connectivity index (χ0) is 16.8. The van der Waals surface area contributed by atoms with Gasteiger partial charge < -0.3 is 4.74 Å². The van der Waals surface area contributed by atoms with E-state index in [2.05, 4.69) is 4.74 Å². The van der Waals surface area contributed by atoms with Gasteiger partial charge in [0.05, 0.1) is 0 Å². The number of halogens is 7. The Kier molecular flexibility index (Phi) is 6.49. The third-order valence-corrected chi connectivity index (χ3v) is 2.85. The summed E-state index contributed by atoms with van der Waals surface area (Å²) in [6.45, 7) is -1.43. The van der Waals surface area contributed by atoms with Gasteiger partial charge in [0.2, 0.25) is 0 Å². The van der Waals surface area contributed by atoms with Crippen LogP contribution in [0.4, 0.5) is 30.7 Å². The summed E-state index contributed by atoms with van der Waals surface area (Å²) in [4.78, 5) is 0. The molecule has 22 heavy (non-hydrogen) atoms. The van der Waals surface area contributed by atoms with Gasteiger partial charge in [-0.25, -0.2) is 8.78 Å². The molecule has 0 saturated carbocycles. The number of hydrogen-bond acceptors (Lipinski definition) is 1. The summed E-state index contributed by atoms with van der Waals surface area (Å²) in [7, 11) is 0. The third-order valence-electron chi connectivity index (χ3n) is 2.85. The maximum absolute atomic E-state index is 12.6. The quantitative estimate of drug-likeness (QED) is 0.467. The largest absolute Gasteiger partial charge is 0.487 e. The van der Waals surface area contributed by atoms with Gasteiger partial charge in [-0.1, -0.05) is 12.1 Å². The summed E-state index contributed by atoms with van der Waals surface area (Å²) in [6.07, 6.45) is -8.08. The second-order valence-electron chi connectivity index (χ2n) is 4.82. The third kappa shape index (κ3) is 7.00. The molecule has 0 fully saturated rings. The summed E-state index contributed by atoms with van der Waals surface area (Å²) in [5.74, 6) is -4.23. The van der Waals surface area contributed by atoms with Crippen LogP contribution in [-0.4, -0.2) is 25.1 Å². The van der Waals surface area contributed by atoms with Gasteiger partial charge in [-0.05, 0) is 37.0 Å². The van der Waals surface area contributed by atoms with E-state index in [9.17, 15) is 30.7 Å². The van der Waals surface area contributed by atoms with Crippen molar-refractivity contribution in [3.8, 4) is 5.75 Å². The molecule has 0 N–H and O–H groups in total. The maximum Gasteiger partial charge on any atom is 0.389 e. The van der Waals surface area contributed by atoms with Crippen LogP contribution >= 0.6 is 0 Å². The van der Waals surface area contributed by atoms with Gasteiger partial charge in [0.25, 0.3) is 0 Å². The molecule has 1 aromatic rings. The lowest BCUT2D eigenvalue weighted by Gasteiger charge is -2.16. The number of alkyl halides is 7. The average Bonchev–Trinajstić information content (AvgIpc) is 2.41. The van der Waals surface area contributed by atoms with Crippen molar-refractivity contribution in [1.29, 1.82) is 0 Å². The smallest absolute Gasteiger partial charge is 0.389 e. The first-order valence-corrected chi connectivity index (χ1v) is 6.54. The molecule has 0 bridgehead atoms. The van der Waals surface area contributed by atoms with E-state index in [1.165, 1.54) is 24.3 Å². The lowest BCUT2D eigenvalue weighted by Crippen LogP contribution is -2.33. The van der Waals surface area contributed by atoms with E-state index in [1.807, 2.05) is 0 Å². The van der Waals surface area contributed by atoms with Crippen molar-refractivity contribution in [2.24, 2.45) is 0 Å². The summed E-state index contributed by atoms with van der Waals surface area (Å²) in [5, 5.41) is 0. The molecule has 1 rings (SSSR count). The maximum atomic E-state index is 12.6. The summed E-state index contributed by atoms with van der Waals surface area (Å²) in [5.41, 5.74) is 0.718. The Morgan fingerprint density at radius 3 is 2.00 bits per heavy atom. The Balaban J connectivity index is 2.37. The fourth-order valence-electron chi connectivity index (χ4n) is 1.65. The molecular formula is C14H15F7O. The molecular weight excluding hydrogens is 317 g/mol. The Hall–Kier alpha value is -1.47. The highest BCUT2D eigenvalue weighted by molar-refractivity contribution is 5.27. The number of aryl methyl sites for hydroxylation is 1. The second-order valence-corrected chi connectivity index (χ2v) is 4.82. The van der Waals surface area contributed by atoms with Gasteiger partial charge >= 0.3 is 18.5 Å². The minimum Gasteiger partial charge on any atom is -0.487 e. The molecule has 1 aromatic carbocycles. The standard InChI is InChI=1S/C14H15F7O/c15-12(16)13(17,18)9-22-11-6-4-10(5-7-11)3-1-2-8-14(19,20)21/h4-7,12H,1-3,8-9H2. The van der Waals surface area contributed by atoms with Crippen LogP contribution in [0.3, 0.4) is 0 Å². The van der Waals surface area contributed by atoms with Crippen molar-refractivity contribution in [3.63, 3.8) is 0 Å². The Bertz CT molecular complexity index is 439. The van der Waals surface area contributed by atoms with Crippen LogP contribution in [0.25, 0.3) is 0 Å². The van der Waals surface area contributed by atoms with Gasteiger partial charge in [0, 0.05) is 6.42 Å². The first-order valence-electron chi connectivity index (χ1n) is 6.54. The molecule has 0 saturated heterocycles. The SMILES string of the molecule is FC(F)C(F)(F)COc1ccc(CCCCC(F)(F)F)cc1. The average molecular weight is 332 g/mol. The zero-order valence-electron chi connectivity index (χ0n) is 11.5. The van der Waals surface area contributed by atoms with E-state index < -0.39 is 31.6 Å². The number of hydrogen-bond donors (Lipinski definition) is 0. The van der Waals surface area contributed by atoms with E-state index in [4.69, 9.17) is 0 Å². The van der Waals surface area contributed by atoms with Crippen LogP contribution in [-0.2, 0) is 6.42 Å². The summed E-state index contributed by atoms with van der Waals surface area (Å²) < 4.78 is 89.5. The van der Waals surface area contributed by atoms with Crippen LogP contribution in [0.5, 0.6) is 5.75 Å². The Labute approximate surface area is 123 Å².